The molecule has 0 saturated heterocycles. The van der Waals surface area contributed by atoms with E-state index < -0.39 is 0 Å². The zero-order valence-corrected chi connectivity index (χ0v) is 9.03. The Morgan fingerprint density at radius 1 is 1.64 bits per heavy atom. The summed E-state index contributed by atoms with van der Waals surface area (Å²) >= 11 is 0. The van der Waals surface area contributed by atoms with E-state index in [0.717, 1.165) is 12.8 Å². The first-order valence-electron chi connectivity index (χ1n) is 5.33. The van der Waals surface area contributed by atoms with Crippen molar-refractivity contribution in [2.75, 3.05) is 0 Å². The Hall–Kier alpha value is -0.830. The van der Waals surface area contributed by atoms with Gasteiger partial charge >= 0.3 is 0 Å². The Morgan fingerprint density at radius 3 is 2.86 bits per heavy atom. The third-order valence-corrected chi connectivity index (χ3v) is 3.44. The van der Waals surface area contributed by atoms with Gasteiger partial charge in [-0.25, -0.2) is 0 Å². The van der Waals surface area contributed by atoms with Crippen LogP contribution in [0.25, 0.3) is 0 Å². The summed E-state index contributed by atoms with van der Waals surface area (Å²) in [5, 5.41) is 4.15. The maximum absolute atomic E-state index is 6.14. The maximum atomic E-state index is 6.14. The Labute approximate surface area is 85.3 Å². The van der Waals surface area contributed by atoms with E-state index in [9.17, 15) is 0 Å². The minimum Gasteiger partial charge on any atom is -0.327 e. The molecule has 0 aromatic carbocycles. The van der Waals surface area contributed by atoms with E-state index in [1.165, 1.54) is 18.4 Å². The molecule has 1 aliphatic carbocycles. The highest BCUT2D eigenvalue weighted by molar-refractivity contribution is 5.06. The SMILES string of the molecule is Cn1cc(CCC(N)C2(C)CC2)cn1. The van der Waals surface area contributed by atoms with Crippen LogP contribution in [0.1, 0.15) is 31.7 Å². The van der Waals surface area contributed by atoms with Crippen LogP contribution in [0.2, 0.25) is 0 Å². The molecule has 2 N–H and O–H groups in total. The van der Waals surface area contributed by atoms with Gasteiger partial charge in [0.15, 0.2) is 0 Å². The van der Waals surface area contributed by atoms with Crippen LogP contribution in [0, 0.1) is 5.41 Å². The van der Waals surface area contributed by atoms with Crippen LogP contribution in [-0.2, 0) is 13.5 Å². The molecule has 1 atom stereocenters. The van der Waals surface area contributed by atoms with E-state index >= 15 is 0 Å². The second-order valence-corrected chi connectivity index (χ2v) is 4.82. The first-order chi connectivity index (χ1) is 6.60. The quantitative estimate of drug-likeness (QED) is 0.787. The predicted octanol–water partition coefficient (Wildman–Crippen LogP) is 1.48. The number of aromatic nitrogens is 2. The number of aryl methyl sites for hydroxylation is 2. The molecule has 0 radical (unpaired) electrons. The summed E-state index contributed by atoms with van der Waals surface area (Å²) in [4.78, 5) is 0. The fourth-order valence-electron chi connectivity index (χ4n) is 1.84. The summed E-state index contributed by atoms with van der Waals surface area (Å²) in [6.07, 6.45) is 8.76. The average Bonchev–Trinajstić information content (AvgIpc) is 2.76. The zero-order valence-electron chi connectivity index (χ0n) is 9.03. The molecule has 3 nitrogen and oxygen atoms in total. The predicted molar refractivity (Wildman–Crippen MR) is 56.8 cm³/mol. The topological polar surface area (TPSA) is 43.8 Å². The normalized spacial score (nSPS) is 20.8. The van der Waals surface area contributed by atoms with Crippen LogP contribution in [0.5, 0.6) is 0 Å². The fourth-order valence-corrected chi connectivity index (χ4v) is 1.84. The number of nitrogens with zero attached hydrogens (tertiary/aromatic N) is 2. The van der Waals surface area contributed by atoms with Crippen molar-refractivity contribution in [3.8, 4) is 0 Å². The van der Waals surface area contributed by atoms with Crippen LogP contribution < -0.4 is 5.73 Å². The first-order valence-corrected chi connectivity index (χ1v) is 5.33. The fraction of sp³-hybridized carbons (Fsp3) is 0.727. The molecule has 0 aliphatic heterocycles. The third-order valence-electron chi connectivity index (χ3n) is 3.44. The van der Waals surface area contributed by atoms with E-state index in [1.807, 2.05) is 17.9 Å². The van der Waals surface area contributed by atoms with E-state index in [-0.39, 0.29) is 0 Å². The molecule has 78 valence electrons. The lowest BCUT2D eigenvalue weighted by Gasteiger charge is -2.17. The molecule has 0 amide bonds. The molecule has 1 aliphatic rings. The van der Waals surface area contributed by atoms with Crippen LogP contribution in [0.3, 0.4) is 0 Å². The largest absolute Gasteiger partial charge is 0.327 e. The van der Waals surface area contributed by atoms with Gasteiger partial charge in [0.2, 0.25) is 0 Å². The molecule has 0 spiro atoms. The van der Waals surface area contributed by atoms with Gasteiger partial charge in [-0.3, -0.25) is 4.68 Å². The highest BCUT2D eigenvalue weighted by Crippen LogP contribution is 2.48. The zero-order chi connectivity index (χ0) is 10.2. The summed E-state index contributed by atoms with van der Waals surface area (Å²) in [5.74, 6) is 0. The lowest BCUT2D eigenvalue weighted by molar-refractivity contribution is 0.412. The molecule has 1 fully saturated rings. The second-order valence-electron chi connectivity index (χ2n) is 4.82. The van der Waals surface area contributed by atoms with Gasteiger partial charge in [0.25, 0.3) is 0 Å². The van der Waals surface area contributed by atoms with Gasteiger partial charge in [-0.1, -0.05) is 6.92 Å². The van der Waals surface area contributed by atoms with Crippen molar-refractivity contribution >= 4 is 0 Å². The Morgan fingerprint density at radius 2 is 2.36 bits per heavy atom. The lowest BCUT2D eigenvalue weighted by atomic mass is 9.94. The average molecular weight is 193 g/mol. The Bertz CT molecular complexity index is 312. The van der Waals surface area contributed by atoms with Crippen molar-refractivity contribution in [3.63, 3.8) is 0 Å². The van der Waals surface area contributed by atoms with Crippen molar-refractivity contribution in [2.45, 2.75) is 38.6 Å². The summed E-state index contributed by atoms with van der Waals surface area (Å²) in [5.41, 5.74) is 7.89. The van der Waals surface area contributed by atoms with Gasteiger partial charge < -0.3 is 5.73 Å². The molecule has 0 bridgehead atoms. The summed E-state index contributed by atoms with van der Waals surface area (Å²) < 4.78 is 1.85. The lowest BCUT2D eigenvalue weighted by Crippen LogP contribution is -2.29. The molecule has 1 aromatic heterocycles. The van der Waals surface area contributed by atoms with Gasteiger partial charge in [-0.2, -0.15) is 5.10 Å². The summed E-state index contributed by atoms with van der Waals surface area (Å²) in [7, 11) is 1.95. The van der Waals surface area contributed by atoms with Crippen molar-refractivity contribution < 1.29 is 0 Å². The molecular formula is C11H19N3. The van der Waals surface area contributed by atoms with E-state index in [0.29, 0.717) is 11.5 Å². The van der Waals surface area contributed by atoms with Gasteiger partial charge in [-0.05, 0) is 36.7 Å². The van der Waals surface area contributed by atoms with Crippen LogP contribution in [-0.4, -0.2) is 15.8 Å². The van der Waals surface area contributed by atoms with Crippen LogP contribution >= 0.6 is 0 Å². The number of nitrogens with two attached hydrogens (primary N) is 1. The van der Waals surface area contributed by atoms with Crippen LogP contribution in [0.4, 0.5) is 0 Å². The highest BCUT2D eigenvalue weighted by Gasteiger charge is 2.42. The minimum atomic E-state index is 0.364. The molecule has 14 heavy (non-hydrogen) atoms. The summed E-state index contributed by atoms with van der Waals surface area (Å²) in [6, 6.07) is 0.364. The minimum absolute atomic E-state index is 0.364. The summed E-state index contributed by atoms with van der Waals surface area (Å²) in [6.45, 7) is 2.29. The molecule has 1 heterocycles. The number of hydrogen-bond acceptors (Lipinski definition) is 2. The standard InChI is InChI=1S/C11H19N3/c1-11(5-6-11)10(12)4-3-9-7-13-14(2)8-9/h7-8,10H,3-6,12H2,1-2H3. The molecule has 2 rings (SSSR count). The van der Waals surface area contributed by atoms with E-state index in [4.69, 9.17) is 5.73 Å². The number of rotatable bonds is 4. The molecule has 1 saturated carbocycles. The first kappa shape index (κ1) is 9.71. The van der Waals surface area contributed by atoms with Crippen molar-refractivity contribution in [1.29, 1.82) is 0 Å². The third kappa shape index (κ3) is 1.98. The van der Waals surface area contributed by atoms with Crippen molar-refractivity contribution in [3.05, 3.63) is 18.0 Å². The Balaban J connectivity index is 1.82. The van der Waals surface area contributed by atoms with E-state index in [1.54, 1.807) is 0 Å². The second kappa shape index (κ2) is 3.39. The van der Waals surface area contributed by atoms with Crippen molar-refractivity contribution in [1.82, 2.24) is 9.78 Å². The van der Waals surface area contributed by atoms with Gasteiger partial charge in [0.1, 0.15) is 0 Å². The number of hydrogen-bond donors (Lipinski definition) is 1. The smallest absolute Gasteiger partial charge is 0.0521 e. The van der Waals surface area contributed by atoms with Gasteiger partial charge in [0, 0.05) is 19.3 Å². The van der Waals surface area contributed by atoms with Crippen LogP contribution in [0.15, 0.2) is 12.4 Å². The monoisotopic (exact) mass is 193 g/mol. The Kier molecular flexibility index (Phi) is 2.35. The van der Waals surface area contributed by atoms with Gasteiger partial charge in [-0.15, -0.1) is 0 Å². The highest BCUT2D eigenvalue weighted by atomic mass is 15.2. The van der Waals surface area contributed by atoms with E-state index in [2.05, 4.69) is 18.2 Å². The molecule has 1 unspecified atom stereocenters. The van der Waals surface area contributed by atoms with Gasteiger partial charge in [0.05, 0.1) is 6.20 Å². The maximum Gasteiger partial charge on any atom is 0.0521 e. The molecule has 1 aromatic rings. The molecule has 3 heteroatoms. The molecular weight excluding hydrogens is 174 g/mol. The van der Waals surface area contributed by atoms with Crippen molar-refractivity contribution in [2.24, 2.45) is 18.2 Å².